The average Bonchev–Trinajstić information content (AvgIpc) is 2.96. The van der Waals surface area contributed by atoms with E-state index in [-0.39, 0.29) is 11.9 Å². The van der Waals surface area contributed by atoms with Gasteiger partial charge in [-0.3, -0.25) is 4.79 Å². The van der Waals surface area contributed by atoms with E-state index in [0.717, 1.165) is 36.3 Å². The van der Waals surface area contributed by atoms with Crippen molar-refractivity contribution >= 4 is 33.2 Å². The van der Waals surface area contributed by atoms with Gasteiger partial charge in [-0.05, 0) is 54.4 Å². The van der Waals surface area contributed by atoms with E-state index in [1.165, 1.54) is 4.88 Å². The lowest BCUT2D eigenvalue weighted by atomic mass is 10.2. The maximum Gasteiger partial charge on any atom is 0.240 e. The summed E-state index contributed by atoms with van der Waals surface area (Å²) >= 11 is 5.14. The van der Waals surface area contributed by atoms with Crippen LogP contribution < -0.4 is 5.32 Å². The van der Waals surface area contributed by atoms with Crippen molar-refractivity contribution in [3.8, 4) is 0 Å². The topological polar surface area (TPSA) is 32.3 Å². The Balaban J connectivity index is 1.98. The van der Waals surface area contributed by atoms with E-state index in [0.29, 0.717) is 0 Å². The first-order valence-electron chi connectivity index (χ1n) is 5.97. The molecule has 0 aromatic carbocycles. The predicted molar refractivity (Wildman–Crippen MR) is 74.1 cm³/mol. The number of hydrogen-bond donors (Lipinski definition) is 1. The van der Waals surface area contributed by atoms with Gasteiger partial charge in [0.05, 0.1) is 16.4 Å². The number of rotatable bonds is 4. The Hall–Kier alpha value is -0.390. The summed E-state index contributed by atoms with van der Waals surface area (Å²) in [4.78, 5) is 15.4. The molecule has 1 aliphatic heterocycles. The molecule has 17 heavy (non-hydrogen) atoms. The number of thiophene rings is 1. The molecule has 94 valence electrons. The Morgan fingerprint density at radius 2 is 2.47 bits per heavy atom. The molecule has 0 aliphatic carbocycles. The first-order valence-corrected chi connectivity index (χ1v) is 7.58. The van der Waals surface area contributed by atoms with Gasteiger partial charge in [0.1, 0.15) is 0 Å². The fraction of sp³-hybridized carbons (Fsp3) is 0.583. The molecule has 0 bridgehead atoms. The quantitative estimate of drug-likeness (QED) is 0.926. The van der Waals surface area contributed by atoms with Crippen LogP contribution in [0.4, 0.5) is 0 Å². The second-order valence-corrected chi connectivity index (χ2v) is 6.75. The zero-order chi connectivity index (χ0) is 12.3. The van der Waals surface area contributed by atoms with Gasteiger partial charge in [-0.2, -0.15) is 0 Å². The smallest absolute Gasteiger partial charge is 0.240 e. The number of amides is 1. The summed E-state index contributed by atoms with van der Waals surface area (Å²) in [6.07, 6.45) is 2.09. The van der Waals surface area contributed by atoms with E-state index in [2.05, 4.69) is 27.3 Å². The second kappa shape index (κ2) is 5.98. The van der Waals surface area contributed by atoms with Crippen LogP contribution in [-0.4, -0.2) is 29.9 Å². The van der Waals surface area contributed by atoms with Gasteiger partial charge in [-0.25, -0.2) is 0 Å². The molecule has 1 aliphatic rings. The van der Waals surface area contributed by atoms with E-state index >= 15 is 0 Å². The third-order valence-electron chi connectivity index (χ3n) is 3.03. The largest absolute Gasteiger partial charge is 0.336 e. The normalized spacial score (nSPS) is 19.5. The summed E-state index contributed by atoms with van der Waals surface area (Å²) in [7, 11) is 0. The molecule has 2 heterocycles. The van der Waals surface area contributed by atoms with Crippen molar-refractivity contribution in [3.63, 3.8) is 0 Å². The van der Waals surface area contributed by atoms with Gasteiger partial charge in [0.2, 0.25) is 5.91 Å². The molecule has 0 spiro atoms. The summed E-state index contributed by atoms with van der Waals surface area (Å²) in [5, 5.41) is 3.27. The van der Waals surface area contributed by atoms with Crippen LogP contribution in [0.2, 0.25) is 0 Å². The number of nitrogens with one attached hydrogen (secondary N) is 1. The highest BCUT2D eigenvalue weighted by atomic mass is 79.9. The molecule has 1 atom stereocenters. The first-order chi connectivity index (χ1) is 8.20. The van der Waals surface area contributed by atoms with Crippen LogP contribution in [-0.2, 0) is 11.3 Å². The van der Waals surface area contributed by atoms with Gasteiger partial charge in [0, 0.05) is 11.4 Å². The summed E-state index contributed by atoms with van der Waals surface area (Å²) in [5.41, 5.74) is 0. The molecule has 1 aromatic heterocycles. The van der Waals surface area contributed by atoms with Crippen molar-refractivity contribution in [2.24, 2.45) is 0 Å². The third kappa shape index (κ3) is 3.30. The summed E-state index contributed by atoms with van der Waals surface area (Å²) in [6.45, 7) is 4.50. The fourth-order valence-electron chi connectivity index (χ4n) is 2.09. The van der Waals surface area contributed by atoms with Gasteiger partial charge in [-0.15, -0.1) is 11.3 Å². The van der Waals surface area contributed by atoms with Crippen molar-refractivity contribution in [2.45, 2.75) is 32.4 Å². The van der Waals surface area contributed by atoms with Crippen LogP contribution in [0.1, 0.15) is 24.6 Å². The zero-order valence-electron chi connectivity index (χ0n) is 9.91. The predicted octanol–water partition coefficient (Wildman–Crippen LogP) is 2.61. The van der Waals surface area contributed by atoms with Gasteiger partial charge in [0.15, 0.2) is 0 Å². The van der Waals surface area contributed by atoms with Crippen molar-refractivity contribution in [1.29, 1.82) is 0 Å². The Labute approximate surface area is 114 Å². The molecule has 3 nitrogen and oxygen atoms in total. The monoisotopic (exact) mass is 316 g/mol. The van der Waals surface area contributed by atoms with E-state index in [4.69, 9.17) is 0 Å². The maximum atomic E-state index is 12.2. The van der Waals surface area contributed by atoms with Crippen LogP contribution in [0.25, 0.3) is 0 Å². The molecule has 1 fully saturated rings. The highest BCUT2D eigenvalue weighted by molar-refractivity contribution is 9.11. The van der Waals surface area contributed by atoms with E-state index in [1.807, 2.05) is 17.9 Å². The van der Waals surface area contributed by atoms with Crippen molar-refractivity contribution in [3.05, 3.63) is 20.8 Å². The molecule has 1 amide bonds. The van der Waals surface area contributed by atoms with E-state index in [9.17, 15) is 4.79 Å². The van der Waals surface area contributed by atoms with Crippen LogP contribution in [0.3, 0.4) is 0 Å². The molecular formula is C12H17BrN2OS. The molecule has 1 aromatic rings. The first kappa shape index (κ1) is 13.1. The number of carbonyl (C=O) groups excluding carboxylic acids is 1. The number of likely N-dealkylation sites (N-methyl/N-ethyl adjacent to an activating group) is 1. The van der Waals surface area contributed by atoms with E-state index < -0.39 is 0 Å². The minimum atomic E-state index is 0.0401. The number of carbonyl (C=O) groups is 1. The summed E-state index contributed by atoms with van der Waals surface area (Å²) in [6, 6.07) is 4.15. The van der Waals surface area contributed by atoms with Gasteiger partial charge in [-0.1, -0.05) is 0 Å². The standard InChI is InChI=1S/C12H17BrN2OS/c1-2-15(8-9-5-6-11(13)17-9)12(16)10-4-3-7-14-10/h5-6,10,14H,2-4,7-8H2,1H3/t10-/m0/s1. The third-order valence-corrected chi connectivity index (χ3v) is 4.64. The van der Waals surface area contributed by atoms with Gasteiger partial charge < -0.3 is 10.2 Å². The minimum absolute atomic E-state index is 0.0401. The second-order valence-electron chi connectivity index (χ2n) is 4.21. The van der Waals surface area contributed by atoms with Crippen LogP contribution in [0.15, 0.2) is 15.9 Å². The van der Waals surface area contributed by atoms with Crippen LogP contribution in [0.5, 0.6) is 0 Å². The van der Waals surface area contributed by atoms with Crippen LogP contribution >= 0.6 is 27.3 Å². The van der Waals surface area contributed by atoms with Gasteiger partial charge >= 0.3 is 0 Å². The molecule has 5 heteroatoms. The molecule has 0 unspecified atom stereocenters. The highest BCUT2D eigenvalue weighted by Gasteiger charge is 2.26. The van der Waals surface area contributed by atoms with Gasteiger partial charge in [0.25, 0.3) is 0 Å². The summed E-state index contributed by atoms with van der Waals surface area (Å²) in [5.74, 6) is 0.245. The van der Waals surface area contributed by atoms with Crippen molar-refractivity contribution in [2.75, 3.05) is 13.1 Å². The minimum Gasteiger partial charge on any atom is -0.336 e. The fourth-order valence-corrected chi connectivity index (χ4v) is 3.59. The Morgan fingerprint density at radius 1 is 1.65 bits per heavy atom. The van der Waals surface area contributed by atoms with Crippen LogP contribution in [0, 0.1) is 0 Å². The lowest BCUT2D eigenvalue weighted by molar-refractivity contribution is -0.133. The maximum absolute atomic E-state index is 12.2. The zero-order valence-corrected chi connectivity index (χ0v) is 12.3. The molecule has 0 saturated carbocycles. The number of hydrogen-bond acceptors (Lipinski definition) is 3. The molecule has 1 N–H and O–H groups in total. The number of nitrogens with zero attached hydrogens (tertiary/aromatic N) is 1. The lowest BCUT2D eigenvalue weighted by Crippen LogP contribution is -2.43. The lowest BCUT2D eigenvalue weighted by Gasteiger charge is -2.23. The van der Waals surface area contributed by atoms with Crippen molar-refractivity contribution in [1.82, 2.24) is 10.2 Å². The Bertz CT molecular complexity index is 388. The SMILES string of the molecule is CCN(Cc1ccc(Br)s1)C(=O)[C@@H]1CCCN1. The highest BCUT2D eigenvalue weighted by Crippen LogP contribution is 2.23. The summed E-state index contributed by atoms with van der Waals surface area (Å²) < 4.78 is 1.12. The number of halogens is 1. The average molecular weight is 317 g/mol. The Morgan fingerprint density at radius 3 is 3.00 bits per heavy atom. The van der Waals surface area contributed by atoms with Crippen molar-refractivity contribution < 1.29 is 4.79 Å². The molecule has 2 rings (SSSR count). The molecular weight excluding hydrogens is 300 g/mol. The Kier molecular flexibility index (Phi) is 4.59. The molecule has 0 radical (unpaired) electrons. The van der Waals surface area contributed by atoms with E-state index in [1.54, 1.807) is 11.3 Å². The molecule has 1 saturated heterocycles.